The topological polar surface area (TPSA) is 24.5 Å². The zero-order valence-corrected chi connectivity index (χ0v) is 11.0. The normalized spacial score (nSPS) is 17.8. The molecule has 1 aliphatic heterocycles. The first-order chi connectivity index (χ1) is 7.93. The highest BCUT2D eigenvalue weighted by molar-refractivity contribution is 6.17. The Labute approximate surface area is 104 Å². The number of hydrogen-bond donors (Lipinski definition) is 1. The lowest BCUT2D eigenvalue weighted by Crippen LogP contribution is -2.40. The van der Waals surface area contributed by atoms with Gasteiger partial charge in [-0.05, 0) is 19.4 Å². The lowest BCUT2D eigenvalue weighted by molar-refractivity contribution is 0.0384. The number of ether oxygens (including phenoxy) is 1. The molecule has 1 fully saturated rings. The van der Waals surface area contributed by atoms with Gasteiger partial charge in [-0.2, -0.15) is 0 Å². The van der Waals surface area contributed by atoms with Crippen molar-refractivity contribution in [3.05, 3.63) is 0 Å². The Balaban J connectivity index is 1.77. The molecule has 1 aliphatic rings. The second kappa shape index (κ2) is 10.3. The summed E-state index contributed by atoms with van der Waals surface area (Å²) in [4.78, 5) is 2.46. The standard InChI is InChI=1S/C12H25ClN2O/c13-5-3-1-2-4-6-14-7-8-15-9-11-16-12-10-15/h14H,1-12H2. The third-order valence-corrected chi connectivity index (χ3v) is 3.21. The van der Waals surface area contributed by atoms with Gasteiger partial charge in [0, 0.05) is 32.1 Å². The van der Waals surface area contributed by atoms with Crippen LogP contribution in [-0.4, -0.2) is 56.7 Å². The van der Waals surface area contributed by atoms with E-state index in [1.54, 1.807) is 0 Å². The first kappa shape index (κ1) is 14.2. The van der Waals surface area contributed by atoms with Crippen molar-refractivity contribution in [2.75, 3.05) is 51.8 Å². The van der Waals surface area contributed by atoms with Crippen LogP contribution in [0, 0.1) is 0 Å². The van der Waals surface area contributed by atoms with Crippen LogP contribution in [0.2, 0.25) is 0 Å². The van der Waals surface area contributed by atoms with Gasteiger partial charge >= 0.3 is 0 Å². The van der Waals surface area contributed by atoms with E-state index < -0.39 is 0 Å². The van der Waals surface area contributed by atoms with Crippen molar-refractivity contribution in [2.45, 2.75) is 25.7 Å². The van der Waals surface area contributed by atoms with Gasteiger partial charge < -0.3 is 10.1 Å². The Morgan fingerprint density at radius 1 is 1.00 bits per heavy atom. The van der Waals surface area contributed by atoms with E-state index in [1.807, 2.05) is 0 Å². The SMILES string of the molecule is ClCCCCCCNCCN1CCOCC1. The fraction of sp³-hybridized carbons (Fsp3) is 1.00. The second-order valence-corrected chi connectivity index (χ2v) is 4.69. The Bertz CT molecular complexity index is 152. The average Bonchev–Trinajstić information content (AvgIpc) is 2.34. The van der Waals surface area contributed by atoms with E-state index in [1.165, 1.54) is 19.3 Å². The molecule has 0 amide bonds. The van der Waals surface area contributed by atoms with E-state index in [-0.39, 0.29) is 0 Å². The van der Waals surface area contributed by atoms with Crippen LogP contribution in [0.4, 0.5) is 0 Å². The molecule has 1 rings (SSSR count). The number of nitrogens with one attached hydrogen (secondary N) is 1. The Kier molecular flexibility index (Phi) is 9.19. The molecular weight excluding hydrogens is 224 g/mol. The largest absolute Gasteiger partial charge is 0.379 e. The smallest absolute Gasteiger partial charge is 0.0594 e. The molecule has 0 radical (unpaired) electrons. The van der Waals surface area contributed by atoms with E-state index in [4.69, 9.17) is 16.3 Å². The lowest BCUT2D eigenvalue weighted by atomic mass is 10.2. The van der Waals surface area contributed by atoms with Crippen LogP contribution in [0.5, 0.6) is 0 Å². The zero-order valence-electron chi connectivity index (χ0n) is 10.2. The van der Waals surface area contributed by atoms with Crippen LogP contribution >= 0.6 is 11.6 Å². The van der Waals surface area contributed by atoms with E-state index in [2.05, 4.69) is 10.2 Å². The van der Waals surface area contributed by atoms with Gasteiger partial charge in [0.2, 0.25) is 0 Å². The highest BCUT2D eigenvalue weighted by Gasteiger charge is 2.08. The molecule has 0 aromatic rings. The minimum absolute atomic E-state index is 0.810. The molecule has 0 saturated carbocycles. The van der Waals surface area contributed by atoms with Crippen molar-refractivity contribution < 1.29 is 4.74 Å². The van der Waals surface area contributed by atoms with E-state index in [0.29, 0.717) is 0 Å². The fourth-order valence-corrected chi connectivity index (χ4v) is 2.07. The number of alkyl halides is 1. The van der Waals surface area contributed by atoms with Gasteiger partial charge in [-0.3, -0.25) is 4.90 Å². The van der Waals surface area contributed by atoms with Crippen LogP contribution in [0.3, 0.4) is 0 Å². The van der Waals surface area contributed by atoms with Gasteiger partial charge in [-0.1, -0.05) is 12.8 Å². The molecular formula is C12H25ClN2O. The van der Waals surface area contributed by atoms with Crippen LogP contribution in [-0.2, 0) is 4.74 Å². The summed E-state index contributed by atoms with van der Waals surface area (Å²) in [6.45, 7) is 7.40. The van der Waals surface area contributed by atoms with Crippen LogP contribution in [0.1, 0.15) is 25.7 Å². The third-order valence-electron chi connectivity index (χ3n) is 2.95. The molecule has 0 aromatic heterocycles. The van der Waals surface area contributed by atoms with Crippen LogP contribution in [0.25, 0.3) is 0 Å². The molecule has 1 N–H and O–H groups in total. The van der Waals surface area contributed by atoms with E-state index >= 15 is 0 Å². The van der Waals surface area contributed by atoms with Gasteiger partial charge in [0.1, 0.15) is 0 Å². The van der Waals surface area contributed by atoms with Gasteiger partial charge in [0.15, 0.2) is 0 Å². The quantitative estimate of drug-likeness (QED) is 0.497. The number of rotatable bonds is 9. The molecule has 0 aromatic carbocycles. The van der Waals surface area contributed by atoms with Crippen molar-refractivity contribution in [3.8, 4) is 0 Å². The van der Waals surface area contributed by atoms with Crippen molar-refractivity contribution in [1.29, 1.82) is 0 Å². The van der Waals surface area contributed by atoms with Crippen molar-refractivity contribution >= 4 is 11.6 Å². The molecule has 0 atom stereocenters. The number of hydrogen-bond acceptors (Lipinski definition) is 3. The highest BCUT2D eigenvalue weighted by Crippen LogP contribution is 2.00. The van der Waals surface area contributed by atoms with Crippen LogP contribution < -0.4 is 5.32 Å². The predicted octanol–water partition coefficient (Wildman–Crippen LogP) is 1.71. The molecule has 1 saturated heterocycles. The summed E-state index contributed by atoms with van der Waals surface area (Å²) in [6.07, 6.45) is 5.02. The second-order valence-electron chi connectivity index (χ2n) is 4.31. The minimum atomic E-state index is 0.810. The third kappa shape index (κ3) is 7.44. The summed E-state index contributed by atoms with van der Waals surface area (Å²) in [6, 6.07) is 0. The maximum atomic E-state index is 5.62. The van der Waals surface area contributed by atoms with Gasteiger partial charge in [-0.25, -0.2) is 0 Å². The molecule has 1 heterocycles. The van der Waals surface area contributed by atoms with Gasteiger partial charge in [0.05, 0.1) is 13.2 Å². The van der Waals surface area contributed by atoms with Gasteiger partial charge in [-0.15, -0.1) is 11.6 Å². The maximum Gasteiger partial charge on any atom is 0.0594 e. The lowest BCUT2D eigenvalue weighted by Gasteiger charge is -2.26. The molecule has 96 valence electrons. The highest BCUT2D eigenvalue weighted by atomic mass is 35.5. The summed E-state index contributed by atoms with van der Waals surface area (Å²) in [5, 5.41) is 3.49. The molecule has 16 heavy (non-hydrogen) atoms. The van der Waals surface area contributed by atoms with Crippen molar-refractivity contribution in [3.63, 3.8) is 0 Å². The first-order valence-electron chi connectivity index (χ1n) is 6.50. The van der Waals surface area contributed by atoms with E-state index in [0.717, 1.165) is 58.2 Å². The fourth-order valence-electron chi connectivity index (χ4n) is 1.88. The number of morpholine rings is 1. The molecule has 3 nitrogen and oxygen atoms in total. The molecule has 4 heteroatoms. The summed E-state index contributed by atoms with van der Waals surface area (Å²) in [5.74, 6) is 0.810. The minimum Gasteiger partial charge on any atom is -0.379 e. The first-order valence-corrected chi connectivity index (χ1v) is 7.03. The maximum absolute atomic E-state index is 5.62. The van der Waals surface area contributed by atoms with Crippen molar-refractivity contribution in [1.82, 2.24) is 10.2 Å². The molecule has 0 bridgehead atoms. The average molecular weight is 249 g/mol. The summed E-state index contributed by atoms with van der Waals surface area (Å²) < 4.78 is 5.31. The number of halogens is 1. The summed E-state index contributed by atoms with van der Waals surface area (Å²) >= 11 is 5.62. The zero-order chi connectivity index (χ0) is 11.5. The Hall–Kier alpha value is 0.170. The summed E-state index contributed by atoms with van der Waals surface area (Å²) in [7, 11) is 0. The summed E-state index contributed by atoms with van der Waals surface area (Å²) in [5.41, 5.74) is 0. The van der Waals surface area contributed by atoms with E-state index in [9.17, 15) is 0 Å². The molecule has 0 spiro atoms. The Morgan fingerprint density at radius 3 is 2.50 bits per heavy atom. The molecule has 0 unspecified atom stereocenters. The molecule has 0 aliphatic carbocycles. The number of unbranched alkanes of at least 4 members (excludes halogenated alkanes) is 3. The number of nitrogens with zero attached hydrogens (tertiary/aromatic N) is 1. The van der Waals surface area contributed by atoms with Crippen LogP contribution in [0.15, 0.2) is 0 Å². The predicted molar refractivity (Wildman–Crippen MR) is 69.3 cm³/mol. The van der Waals surface area contributed by atoms with Crippen molar-refractivity contribution in [2.24, 2.45) is 0 Å². The monoisotopic (exact) mass is 248 g/mol. The Morgan fingerprint density at radius 2 is 1.75 bits per heavy atom. The van der Waals surface area contributed by atoms with Gasteiger partial charge in [0.25, 0.3) is 0 Å².